The van der Waals surface area contributed by atoms with E-state index in [2.05, 4.69) is 43.2 Å². The van der Waals surface area contributed by atoms with Crippen LogP contribution in [0.25, 0.3) is 11.3 Å². The Kier molecular flexibility index (Phi) is 7.37. The van der Waals surface area contributed by atoms with Crippen molar-refractivity contribution in [1.29, 1.82) is 0 Å². The van der Waals surface area contributed by atoms with Gasteiger partial charge in [0.2, 0.25) is 0 Å². The second-order valence-corrected chi connectivity index (χ2v) is 9.06. The highest BCUT2D eigenvalue weighted by Crippen LogP contribution is 2.29. The summed E-state index contributed by atoms with van der Waals surface area (Å²) in [6, 6.07) is 12.1. The monoisotopic (exact) mass is 475 g/mol. The van der Waals surface area contributed by atoms with Crippen LogP contribution in [0.15, 0.2) is 48.9 Å². The molecule has 3 N–H and O–H groups in total. The first kappa shape index (κ1) is 23.5. The number of rotatable bonds is 7. The summed E-state index contributed by atoms with van der Waals surface area (Å²) in [7, 11) is 2.16. The highest BCUT2D eigenvalue weighted by Gasteiger charge is 2.18. The fourth-order valence-electron chi connectivity index (χ4n) is 4.41. The summed E-state index contributed by atoms with van der Waals surface area (Å²) >= 11 is 0. The Morgan fingerprint density at radius 2 is 1.83 bits per heavy atom. The molecule has 3 aromatic rings. The second-order valence-electron chi connectivity index (χ2n) is 9.06. The van der Waals surface area contributed by atoms with Gasteiger partial charge in [-0.1, -0.05) is 0 Å². The molecule has 2 aliphatic rings. The number of anilines is 3. The standard InChI is InChI=1S/C26H33N7O2/c1-32-8-10-33(11-9-32)21-3-5-25(28-17-21)31-26-15-23(29-18-30-26)19-2-4-24(20(14-19)16-27)35-22-6-12-34-13-7-22/h2-5,14-15,17-18,22H,6-13,16,27H2,1H3,(H,28,29,30,31). The largest absolute Gasteiger partial charge is 0.490 e. The van der Waals surface area contributed by atoms with Crippen molar-refractivity contribution in [2.24, 2.45) is 5.73 Å². The van der Waals surface area contributed by atoms with Gasteiger partial charge in [-0.25, -0.2) is 15.0 Å². The second kappa shape index (κ2) is 11.0. The van der Waals surface area contributed by atoms with Crippen molar-refractivity contribution < 1.29 is 9.47 Å². The molecular formula is C26H33N7O2. The number of pyridine rings is 1. The average molecular weight is 476 g/mol. The lowest BCUT2D eigenvalue weighted by Crippen LogP contribution is -2.44. The van der Waals surface area contributed by atoms with Crippen LogP contribution in [0.1, 0.15) is 18.4 Å². The Hall–Kier alpha value is -3.27. The molecule has 2 aliphatic heterocycles. The van der Waals surface area contributed by atoms with Gasteiger partial charge in [-0.2, -0.15) is 0 Å². The predicted molar refractivity (Wildman–Crippen MR) is 137 cm³/mol. The normalized spacial score (nSPS) is 17.4. The molecule has 5 rings (SSSR count). The first-order valence-corrected chi connectivity index (χ1v) is 12.2. The van der Waals surface area contributed by atoms with Crippen molar-refractivity contribution in [3.8, 4) is 17.0 Å². The minimum Gasteiger partial charge on any atom is -0.490 e. The van der Waals surface area contributed by atoms with Gasteiger partial charge in [-0.15, -0.1) is 0 Å². The maximum absolute atomic E-state index is 6.21. The molecule has 1 aromatic carbocycles. The van der Waals surface area contributed by atoms with Crippen LogP contribution in [0.3, 0.4) is 0 Å². The van der Waals surface area contributed by atoms with Gasteiger partial charge in [-0.3, -0.25) is 0 Å². The van der Waals surface area contributed by atoms with Crippen molar-refractivity contribution in [1.82, 2.24) is 19.9 Å². The van der Waals surface area contributed by atoms with Crippen molar-refractivity contribution in [2.75, 3.05) is 56.7 Å². The van der Waals surface area contributed by atoms with E-state index in [1.54, 1.807) is 6.33 Å². The SMILES string of the molecule is CN1CCN(c2ccc(Nc3cc(-c4ccc(OC5CCOCC5)c(CN)c4)ncn3)nc2)CC1. The van der Waals surface area contributed by atoms with Gasteiger partial charge < -0.3 is 30.3 Å². The lowest BCUT2D eigenvalue weighted by atomic mass is 10.1. The predicted octanol–water partition coefficient (Wildman–Crippen LogP) is 3.05. The molecule has 0 radical (unpaired) electrons. The van der Waals surface area contributed by atoms with E-state index in [1.807, 2.05) is 36.5 Å². The number of nitrogens with zero attached hydrogens (tertiary/aromatic N) is 5. The molecule has 0 bridgehead atoms. The third kappa shape index (κ3) is 5.87. The van der Waals surface area contributed by atoms with E-state index < -0.39 is 0 Å². The van der Waals surface area contributed by atoms with Crippen LogP contribution in [0.4, 0.5) is 17.3 Å². The first-order valence-electron chi connectivity index (χ1n) is 12.2. The molecule has 9 heteroatoms. The molecule has 0 unspecified atom stereocenters. The summed E-state index contributed by atoms with van der Waals surface area (Å²) < 4.78 is 11.6. The highest BCUT2D eigenvalue weighted by molar-refractivity contribution is 5.66. The van der Waals surface area contributed by atoms with Crippen LogP contribution in [0.2, 0.25) is 0 Å². The smallest absolute Gasteiger partial charge is 0.135 e. The summed E-state index contributed by atoms with van der Waals surface area (Å²) in [5, 5.41) is 3.30. The molecule has 2 fully saturated rings. The minimum atomic E-state index is 0.171. The third-order valence-corrected chi connectivity index (χ3v) is 6.58. The molecule has 0 amide bonds. The van der Waals surface area contributed by atoms with E-state index in [-0.39, 0.29) is 6.10 Å². The van der Waals surface area contributed by atoms with Crippen molar-refractivity contribution in [3.05, 3.63) is 54.5 Å². The van der Waals surface area contributed by atoms with Crippen LogP contribution >= 0.6 is 0 Å². The molecule has 184 valence electrons. The van der Waals surface area contributed by atoms with Gasteiger partial charge in [0.05, 0.1) is 30.8 Å². The van der Waals surface area contributed by atoms with Crippen molar-refractivity contribution >= 4 is 17.3 Å². The number of nitrogens with two attached hydrogens (primary N) is 1. The van der Waals surface area contributed by atoms with Gasteiger partial charge in [-0.05, 0) is 37.4 Å². The lowest BCUT2D eigenvalue weighted by molar-refractivity contribution is 0.0252. The molecule has 2 aromatic heterocycles. The maximum atomic E-state index is 6.21. The molecular weight excluding hydrogens is 442 g/mol. The summed E-state index contributed by atoms with van der Waals surface area (Å²) in [5.41, 5.74) is 9.92. The molecule has 0 spiro atoms. The Bertz CT molecular complexity index is 1110. The fraction of sp³-hybridized carbons (Fsp3) is 0.423. The number of likely N-dealkylation sites (N-methyl/N-ethyl adjacent to an activating group) is 1. The van der Waals surface area contributed by atoms with E-state index in [0.29, 0.717) is 12.4 Å². The van der Waals surface area contributed by atoms with Crippen molar-refractivity contribution in [2.45, 2.75) is 25.5 Å². The third-order valence-electron chi connectivity index (χ3n) is 6.58. The zero-order valence-electron chi connectivity index (χ0n) is 20.2. The Balaban J connectivity index is 1.27. The number of benzene rings is 1. The average Bonchev–Trinajstić information content (AvgIpc) is 2.91. The number of nitrogens with one attached hydrogen (secondary N) is 1. The summed E-state index contributed by atoms with van der Waals surface area (Å²) in [4.78, 5) is 18.2. The van der Waals surface area contributed by atoms with E-state index in [9.17, 15) is 0 Å². The fourth-order valence-corrected chi connectivity index (χ4v) is 4.41. The zero-order valence-corrected chi connectivity index (χ0v) is 20.2. The van der Waals surface area contributed by atoms with E-state index in [4.69, 9.17) is 15.2 Å². The van der Waals surface area contributed by atoms with E-state index >= 15 is 0 Å². The van der Waals surface area contributed by atoms with Crippen LogP contribution in [-0.2, 0) is 11.3 Å². The van der Waals surface area contributed by atoms with Crippen LogP contribution in [0.5, 0.6) is 5.75 Å². The van der Waals surface area contributed by atoms with Crippen LogP contribution in [-0.4, -0.2) is 72.4 Å². The number of aromatic nitrogens is 3. The first-order chi connectivity index (χ1) is 17.2. The van der Waals surface area contributed by atoms with Gasteiger partial charge >= 0.3 is 0 Å². The summed E-state index contributed by atoms with van der Waals surface area (Å²) in [5.74, 6) is 2.27. The highest BCUT2D eigenvalue weighted by atomic mass is 16.5. The summed E-state index contributed by atoms with van der Waals surface area (Å²) in [6.45, 7) is 6.05. The number of ether oxygens (including phenoxy) is 2. The Morgan fingerprint density at radius 3 is 2.57 bits per heavy atom. The van der Waals surface area contributed by atoms with Gasteiger partial charge in [0.25, 0.3) is 0 Å². The number of hydrogen-bond donors (Lipinski definition) is 2. The quantitative estimate of drug-likeness (QED) is 0.534. The zero-order chi connectivity index (χ0) is 24.0. The molecule has 0 aliphatic carbocycles. The summed E-state index contributed by atoms with van der Waals surface area (Å²) in [6.07, 6.45) is 5.45. The molecule has 9 nitrogen and oxygen atoms in total. The molecule has 0 atom stereocenters. The maximum Gasteiger partial charge on any atom is 0.135 e. The minimum absolute atomic E-state index is 0.171. The molecule has 2 saturated heterocycles. The number of hydrogen-bond acceptors (Lipinski definition) is 9. The van der Waals surface area contributed by atoms with Crippen LogP contribution in [0, 0.1) is 0 Å². The van der Waals surface area contributed by atoms with Crippen molar-refractivity contribution in [3.63, 3.8) is 0 Å². The Labute approximate surface area is 206 Å². The molecule has 0 saturated carbocycles. The van der Waals surface area contributed by atoms with Gasteiger partial charge in [0.15, 0.2) is 0 Å². The molecule has 4 heterocycles. The van der Waals surface area contributed by atoms with E-state index in [0.717, 1.165) is 86.3 Å². The molecule has 35 heavy (non-hydrogen) atoms. The van der Waals surface area contributed by atoms with Gasteiger partial charge in [0.1, 0.15) is 29.8 Å². The van der Waals surface area contributed by atoms with Gasteiger partial charge in [0, 0.05) is 62.8 Å². The van der Waals surface area contributed by atoms with Crippen LogP contribution < -0.4 is 20.7 Å². The van der Waals surface area contributed by atoms with E-state index in [1.165, 1.54) is 0 Å². The topological polar surface area (TPSA) is 102 Å². The number of piperazine rings is 1. The Morgan fingerprint density at radius 1 is 1.00 bits per heavy atom. The lowest BCUT2D eigenvalue weighted by Gasteiger charge is -2.33.